The summed E-state index contributed by atoms with van der Waals surface area (Å²) in [7, 11) is -3.60. The van der Waals surface area contributed by atoms with Gasteiger partial charge in [-0.1, -0.05) is 17.7 Å². The van der Waals surface area contributed by atoms with Gasteiger partial charge in [-0.05, 0) is 45.0 Å². The van der Waals surface area contributed by atoms with Gasteiger partial charge in [0.1, 0.15) is 5.82 Å². The summed E-state index contributed by atoms with van der Waals surface area (Å²) >= 11 is 0. The molecule has 0 unspecified atom stereocenters. The van der Waals surface area contributed by atoms with Crippen molar-refractivity contribution in [2.75, 3.05) is 22.7 Å². The highest BCUT2D eigenvalue weighted by molar-refractivity contribution is 7.92. The maximum absolute atomic E-state index is 12.3. The fraction of sp³-hybridized carbons (Fsp3) is 0.312. The normalized spacial score (nSPS) is 11.2. The van der Waals surface area contributed by atoms with Gasteiger partial charge < -0.3 is 4.90 Å². The number of anilines is 2. The van der Waals surface area contributed by atoms with Gasteiger partial charge in [0.15, 0.2) is 0 Å². The Hall–Kier alpha value is -2.08. The molecule has 0 bridgehead atoms. The van der Waals surface area contributed by atoms with E-state index in [0.29, 0.717) is 5.82 Å². The van der Waals surface area contributed by atoms with Crippen LogP contribution in [0.1, 0.15) is 19.4 Å². The van der Waals surface area contributed by atoms with Crippen molar-refractivity contribution in [3.05, 3.63) is 48.2 Å². The zero-order valence-corrected chi connectivity index (χ0v) is 13.9. The number of pyridine rings is 1. The molecule has 0 atom stereocenters. The number of hydrogen-bond donors (Lipinski definition) is 1. The Balaban J connectivity index is 2.18. The number of rotatable bonds is 6. The van der Waals surface area contributed by atoms with Gasteiger partial charge in [-0.15, -0.1) is 0 Å². The van der Waals surface area contributed by atoms with Crippen LogP contribution >= 0.6 is 0 Å². The first-order valence-electron chi connectivity index (χ1n) is 7.26. The van der Waals surface area contributed by atoms with Gasteiger partial charge in [-0.3, -0.25) is 4.72 Å². The van der Waals surface area contributed by atoms with Crippen LogP contribution in [0.3, 0.4) is 0 Å². The Kier molecular flexibility index (Phi) is 5.03. The Morgan fingerprint density at radius 1 is 1.05 bits per heavy atom. The molecule has 2 rings (SSSR count). The second kappa shape index (κ2) is 6.79. The molecule has 0 fully saturated rings. The lowest BCUT2D eigenvalue weighted by molar-refractivity contribution is 0.601. The van der Waals surface area contributed by atoms with Gasteiger partial charge in [0, 0.05) is 13.1 Å². The van der Waals surface area contributed by atoms with Crippen molar-refractivity contribution in [3.63, 3.8) is 0 Å². The maximum atomic E-state index is 12.3. The summed E-state index contributed by atoms with van der Waals surface area (Å²) in [5.41, 5.74) is 1.99. The van der Waals surface area contributed by atoms with Gasteiger partial charge in [0.05, 0.1) is 16.8 Å². The van der Waals surface area contributed by atoms with Crippen molar-refractivity contribution in [3.8, 4) is 0 Å². The third-order valence-electron chi connectivity index (χ3n) is 3.45. The minimum absolute atomic E-state index is 0.229. The van der Waals surface area contributed by atoms with E-state index < -0.39 is 10.0 Å². The average Bonchev–Trinajstić information content (AvgIpc) is 2.50. The Labute approximate surface area is 132 Å². The highest BCUT2D eigenvalue weighted by atomic mass is 32.2. The summed E-state index contributed by atoms with van der Waals surface area (Å²) < 4.78 is 27.1. The van der Waals surface area contributed by atoms with Gasteiger partial charge in [-0.25, -0.2) is 13.4 Å². The van der Waals surface area contributed by atoms with Gasteiger partial charge in [0.25, 0.3) is 10.0 Å². The zero-order valence-electron chi connectivity index (χ0n) is 13.1. The number of nitrogens with one attached hydrogen (secondary N) is 1. The first kappa shape index (κ1) is 16.3. The van der Waals surface area contributed by atoms with Crippen LogP contribution in [0.5, 0.6) is 0 Å². The van der Waals surface area contributed by atoms with Crippen molar-refractivity contribution < 1.29 is 8.42 Å². The van der Waals surface area contributed by atoms with Crippen LogP contribution in [0.15, 0.2) is 47.5 Å². The van der Waals surface area contributed by atoms with Gasteiger partial charge >= 0.3 is 0 Å². The highest BCUT2D eigenvalue weighted by Crippen LogP contribution is 2.18. The van der Waals surface area contributed by atoms with Crippen LogP contribution in [-0.2, 0) is 10.0 Å². The molecule has 0 amide bonds. The van der Waals surface area contributed by atoms with Gasteiger partial charge in [-0.2, -0.15) is 0 Å². The van der Waals surface area contributed by atoms with E-state index in [1.807, 2.05) is 13.0 Å². The average molecular weight is 319 g/mol. The molecular weight excluding hydrogens is 298 g/mol. The van der Waals surface area contributed by atoms with E-state index in [4.69, 9.17) is 0 Å². The highest BCUT2D eigenvalue weighted by Gasteiger charge is 2.14. The lowest BCUT2D eigenvalue weighted by Gasteiger charge is -2.20. The predicted octanol–water partition coefficient (Wildman–Crippen LogP) is 3.04. The molecule has 1 heterocycles. The molecule has 0 aliphatic carbocycles. The van der Waals surface area contributed by atoms with Crippen LogP contribution in [0.25, 0.3) is 0 Å². The summed E-state index contributed by atoms with van der Waals surface area (Å²) in [4.78, 5) is 6.57. The summed E-state index contributed by atoms with van der Waals surface area (Å²) in [6.45, 7) is 7.81. The third kappa shape index (κ3) is 3.76. The monoisotopic (exact) mass is 319 g/mol. The first-order chi connectivity index (χ1) is 10.5. The minimum atomic E-state index is -3.60. The van der Waals surface area contributed by atoms with Crippen LogP contribution in [0.2, 0.25) is 0 Å². The number of nitrogens with zero attached hydrogens (tertiary/aromatic N) is 2. The Morgan fingerprint density at radius 3 is 2.18 bits per heavy atom. The molecule has 22 heavy (non-hydrogen) atoms. The van der Waals surface area contributed by atoms with Crippen LogP contribution in [-0.4, -0.2) is 26.5 Å². The maximum Gasteiger partial charge on any atom is 0.263 e. The molecule has 118 valence electrons. The molecule has 1 aromatic heterocycles. The predicted molar refractivity (Wildman–Crippen MR) is 89.8 cm³/mol. The standard InChI is InChI=1S/C16H21N3O2S/c1-4-19(5-2)14-8-11-16(17-12-14)18-22(20,21)15-9-6-13(3)7-10-15/h6-12H,4-5H2,1-3H3,(H,17,18). The Bertz CT molecular complexity index is 706. The molecule has 0 radical (unpaired) electrons. The van der Waals surface area contributed by atoms with E-state index in [1.54, 1.807) is 36.5 Å². The molecule has 2 aromatic rings. The van der Waals surface area contributed by atoms with Gasteiger partial charge in [0.2, 0.25) is 0 Å². The van der Waals surface area contributed by atoms with E-state index in [-0.39, 0.29) is 4.90 Å². The van der Waals surface area contributed by atoms with E-state index in [2.05, 4.69) is 28.5 Å². The van der Waals surface area contributed by atoms with E-state index in [0.717, 1.165) is 24.3 Å². The first-order valence-corrected chi connectivity index (χ1v) is 8.75. The Morgan fingerprint density at radius 2 is 1.68 bits per heavy atom. The fourth-order valence-corrected chi connectivity index (χ4v) is 3.14. The minimum Gasteiger partial charge on any atom is -0.371 e. The molecule has 0 aliphatic heterocycles. The number of aryl methyl sites for hydroxylation is 1. The van der Waals surface area contributed by atoms with Crippen molar-refractivity contribution in [2.24, 2.45) is 0 Å². The molecule has 5 nitrogen and oxygen atoms in total. The number of hydrogen-bond acceptors (Lipinski definition) is 4. The summed E-state index contributed by atoms with van der Waals surface area (Å²) in [6.07, 6.45) is 1.68. The van der Waals surface area contributed by atoms with Crippen molar-refractivity contribution in [1.29, 1.82) is 0 Å². The lowest BCUT2D eigenvalue weighted by Crippen LogP contribution is -2.22. The largest absolute Gasteiger partial charge is 0.371 e. The molecule has 0 saturated heterocycles. The molecule has 6 heteroatoms. The smallest absolute Gasteiger partial charge is 0.263 e. The molecule has 0 saturated carbocycles. The fourth-order valence-electron chi connectivity index (χ4n) is 2.14. The molecule has 1 N–H and O–H groups in total. The van der Waals surface area contributed by atoms with Crippen LogP contribution < -0.4 is 9.62 Å². The number of sulfonamides is 1. The van der Waals surface area contributed by atoms with Crippen LogP contribution in [0, 0.1) is 6.92 Å². The molecule has 0 spiro atoms. The topological polar surface area (TPSA) is 62.3 Å². The quantitative estimate of drug-likeness (QED) is 0.889. The molecular formula is C16H21N3O2S. The lowest BCUT2D eigenvalue weighted by atomic mass is 10.2. The summed E-state index contributed by atoms with van der Waals surface area (Å²) in [6, 6.07) is 10.3. The zero-order chi connectivity index (χ0) is 16.2. The van der Waals surface area contributed by atoms with E-state index in [9.17, 15) is 8.42 Å². The summed E-state index contributed by atoms with van der Waals surface area (Å²) in [5.74, 6) is 0.316. The van der Waals surface area contributed by atoms with Crippen molar-refractivity contribution in [1.82, 2.24) is 4.98 Å². The van der Waals surface area contributed by atoms with E-state index >= 15 is 0 Å². The number of aromatic nitrogens is 1. The molecule has 0 aliphatic rings. The number of benzene rings is 1. The second-order valence-electron chi connectivity index (χ2n) is 4.99. The van der Waals surface area contributed by atoms with Crippen molar-refractivity contribution >= 4 is 21.5 Å². The van der Waals surface area contributed by atoms with Crippen LogP contribution in [0.4, 0.5) is 11.5 Å². The molecule has 1 aromatic carbocycles. The SMILES string of the molecule is CCN(CC)c1ccc(NS(=O)(=O)c2ccc(C)cc2)nc1. The summed E-state index contributed by atoms with van der Waals surface area (Å²) in [5, 5.41) is 0. The second-order valence-corrected chi connectivity index (χ2v) is 6.67. The third-order valence-corrected chi connectivity index (χ3v) is 4.82. The van der Waals surface area contributed by atoms with Crippen molar-refractivity contribution in [2.45, 2.75) is 25.7 Å². The van der Waals surface area contributed by atoms with E-state index in [1.165, 1.54) is 0 Å².